The van der Waals surface area contributed by atoms with E-state index in [2.05, 4.69) is 15.1 Å². The molecule has 5 nitrogen and oxygen atoms in total. The minimum Gasteiger partial charge on any atom is -0.326 e. The van der Waals surface area contributed by atoms with E-state index in [1.165, 1.54) is 0 Å². The first kappa shape index (κ1) is 9.92. The lowest BCUT2D eigenvalue weighted by atomic mass is 10.2. The Hall–Kier alpha value is -2.27. The van der Waals surface area contributed by atoms with E-state index >= 15 is 0 Å². The van der Waals surface area contributed by atoms with Crippen LogP contribution >= 0.6 is 0 Å². The van der Waals surface area contributed by atoms with Crippen LogP contribution in [-0.4, -0.2) is 19.6 Å². The summed E-state index contributed by atoms with van der Waals surface area (Å²) in [7, 11) is 0. The molecule has 0 aliphatic heterocycles. The molecule has 84 valence electrons. The third kappa shape index (κ3) is 1.76. The van der Waals surface area contributed by atoms with Crippen molar-refractivity contribution in [3.63, 3.8) is 0 Å². The molecule has 3 rings (SSSR count). The Bertz CT molecular complexity index is 644. The zero-order valence-corrected chi connectivity index (χ0v) is 9.11. The normalized spacial score (nSPS) is 10.9. The Morgan fingerprint density at radius 3 is 2.71 bits per heavy atom. The van der Waals surface area contributed by atoms with Crippen molar-refractivity contribution in [1.82, 2.24) is 19.6 Å². The standard InChI is InChI=1S/C12H11N5/c13-7-9-1-2-11-15-12(16-17(11)8-9)10-3-5-14-6-4-10/h1-6,8H,7,13H2. The summed E-state index contributed by atoms with van der Waals surface area (Å²) in [6.45, 7) is 0.500. The molecule has 0 spiro atoms. The minimum absolute atomic E-state index is 0.500. The Morgan fingerprint density at radius 2 is 1.94 bits per heavy atom. The van der Waals surface area contributed by atoms with E-state index in [9.17, 15) is 0 Å². The third-order valence-electron chi connectivity index (χ3n) is 2.57. The first-order valence-electron chi connectivity index (χ1n) is 5.32. The van der Waals surface area contributed by atoms with Gasteiger partial charge in [0.2, 0.25) is 0 Å². The maximum absolute atomic E-state index is 5.59. The maximum Gasteiger partial charge on any atom is 0.182 e. The summed E-state index contributed by atoms with van der Waals surface area (Å²) in [6.07, 6.45) is 5.35. The second-order valence-corrected chi connectivity index (χ2v) is 3.72. The molecule has 2 N–H and O–H groups in total. The van der Waals surface area contributed by atoms with Crippen LogP contribution in [0.15, 0.2) is 42.9 Å². The molecule has 0 aromatic carbocycles. The van der Waals surface area contributed by atoms with Gasteiger partial charge in [-0.2, -0.15) is 0 Å². The quantitative estimate of drug-likeness (QED) is 0.712. The molecule has 0 saturated heterocycles. The summed E-state index contributed by atoms with van der Waals surface area (Å²) < 4.78 is 1.75. The number of pyridine rings is 2. The molecule has 3 heterocycles. The molecule has 0 unspecified atom stereocenters. The van der Waals surface area contributed by atoms with Gasteiger partial charge in [-0.3, -0.25) is 4.98 Å². The summed E-state index contributed by atoms with van der Waals surface area (Å²) in [5.41, 5.74) is 8.39. The highest BCUT2D eigenvalue weighted by molar-refractivity contribution is 5.57. The molecule has 17 heavy (non-hydrogen) atoms. The first-order chi connectivity index (χ1) is 8.36. The third-order valence-corrected chi connectivity index (χ3v) is 2.57. The fourth-order valence-corrected chi connectivity index (χ4v) is 1.67. The Balaban J connectivity index is 2.14. The number of nitrogens with zero attached hydrogens (tertiary/aromatic N) is 4. The van der Waals surface area contributed by atoms with Gasteiger partial charge in [-0.05, 0) is 23.8 Å². The van der Waals surface area contributed by atoms with Crippen LogP contribution in [0.3, 0.4) is 0 Å². The molecule has 0 fully saturated rings. The molecule has 3 aromatic heterocycles. The number of hydrogen-bond donors (Lipinski definition) is 1. The average molecular weight is 225 g/mol. The minimum atomic E-state index is 0.500. The van der Waals surface area contributed by atoms with Crippen molar-refractivity contribution in [2.45, 2.75) is 6.54 Å². The van der Waals surface area contributed by atoms with E-state index in [1.807, 2.05) is 30.5 Å². The van der Waals surface area contributed by atoms with E-state index in [1.54, 1.807) is 16.9 Å². The summed E-state index contributed by atoms with van der Waals surface area (Å²) in [4.78, 5) is 8.41. The van der Waals surface area contributed by atoms with Gasteiger partial charge in [-0.25, -0.2) is 9.50 Å². The topological polar surface area (TPSA) is 69.1 Å². The van der Waals surface area contributed by atoms with Gasteiger partial charge in [0.1, 0.15) is 0 Å². The van der Waals surface area contributed by atoms with Crippen LogP contribution in [-0.2, 0) is 6.54 Å². The molecular weight excluding hydrogens is 214 g/mol. The Labute approximate surface area is 97.9 Å². The van der Waals surface area contributed by atoms with Crippen molar-refractivity contribution >= 4 is 5.65 Å². The highest BCUT2D eigenvalue weighted by Gasteiger charge is 2.05. The Morgan fingerprint density at radius 1 is 1.12 bits per heavy atom. The number of rotatable bonds is 2. The maximum atomic E-state index is 5.59. The van der Waals surface area contributed by atoms with Crippen LogP contribution in [0.1, 0.15) is 5.56 Å². The van der Waals surface area contributed by atoms with Crippen molar-refractivity contribution in [3.8, 4) is 11.4 Å². The van der Waals surface area contributed by atoms with Gasteiger partial charge in [-0.1, -0.05) is 6.07 Å². The van der Waals surface area contributed by atoms with Gasteiger partial charge in [0.15, 0.2) is 11.5 Å². The number of hydrogen-bond acceptors (Lipinski definition) is 4. The highest BCUT2D eigenvalue weighted by atomic mass is 15.3. The lowest BCUT2D eigenvalue weighted by Gasteiger charge is -1.95. The van der Waals surface area contributed by atoms with Crippen molar-refractivity contribution in [3.05, 3.63) is 48.4 Å². The number of fused-ring (bicyclic) bond motifs is 1. The van der Waals surface area contributed by atoms with Crippen molar-refractivity contribution in [1.29, 1.82) is 0 Å². The summed E-state index contributed by atoms with van der Waals surface area (Å²) in [6, 6.07) is 7.65. The van der Waals surface area contributed by atoms with Crippen LogP contribution in [0.25, 0.3) is 17.0 Å². The molecule has 3 aromatic rings. The van der Waals surface area contributed by atoms with E-state index in [0.29, 0.717) is 12.4 Å². The van der Waals surface area contributed by atoms with Gasteiger partial charge in [0.05, 0.1) is 0 Å². The van der Waals surface area contributed by atoms with E-state index < -0.39 is 0 Å². The number of nitrogens with two attached hydrogens (primary N) is 1. The molecule has 5 heteroatoms. The lowest BCUT2D eigenvalue weighted by Crippen LogP contribution is -1.98. The van der Waals surface area contributed by atoms with Crippen molar-refractivity contribution in [2.75, 3.05) is 0 Å². The van der Waals surface area contributed by atoms with Crippen LogP contribution in [0.5, 0.6) is 0 Å². The monoisotopic (exact) mass is 225 g/mol. The summed E-state index contributed by atoms with van der Waals surface area (Å²) >= 11 is 0. The molecule has 0 aliphatic carbocycles. The van der Waals surface area contributed by atoms with Crippen molar-refractivity contribution in [2.24, 2.45) is 5.73 Å². The first-order valence-corrected chi connectivity index (χ1v) is 5.32. The second kappa shape index (κ2) is 3.95. The van der Waals surface area contributed by atoms with Crippen LogP contribution in [0.4, 0.5) is 0 Å². The summed E-state index contributed by atoms with van der Waals surface area (Å²) in [5.74, 6) is 0.696. The zero-order chi connectivity index (χ0) is 11.7. The largest absolute Gasteiger partial charge is 0.326 e. The van der Waals surface area contributed by atoms with Gasteiger partial charge in [0, 0.05) is 30.7 Å². The molecule has 0 aliphatic rings. The second-order valence-electron chi connectivity index (χ2n) is 3.72. The fraction of sp³-hybridized carbons (Fsp3) is 0.0833. The molecule has 0 atom stereocenters. The Kier molecular flexibility index (Phi) is 2.31. The van der Waals surface area contributed by atoms with Crippen LogP contribution in [0, 0.1) is 0 Å². The van der Waals surface area contributed by atoms with Gasteiger partial charge in [-0.15, -0.1) is 5.10 Å². The van der Waals surface area contributed by atoms with E-state index in [4.69, 9.17) is 5.73 Å². The smallest absolute Gasteiger partial charge is 0.182 e. The SMILES string of the molecule is NCc1ccc2nc(-c3ccncc3)nn2c1. The van der Waals surface area contributed by atoms with E-state index in [-0.39, 0.29) is 0 Å². The van der Waals surface area contributed by atoms with Gasteiger partial charge >= 0.3 is 0 Å². The highest BCUT2D eigenvalue weighted by Crippen LogP contribution is 2.15. The average Bonchev–Trinajstić information content (AvgIpc) is 2.82. The fourth-order valence-electron chi connectivity index (χ4n) is 1.67. The molecule has 0 radical (unpaired) electrons. The van der Waals surface area contributed by atoms with E-state index in [0.717, 1.165) is 16.8 Å². The summed E-state index contributed by atoms with van der Waals surface area (Å²) in [5, 5.41) is 4.41. The van der Waals surface area contributed by atoms with Crippen LogP contribution in [0.2, 0.25) is 0 Å². The zero-order valence-electron chi connectivity index (χ0n) is 9.11. The van der Waals surface area contributed by atoms with Gasteiger partial charge < -0.3 is 5.73 Å². The predicted octanol–water partition coefficient (Wildman–Crippen LogP) is 1.25. The number of aromatic nitrogens is 4. The van der Waals surface area contributed by atoms with Crippen molar-refractivity contribution < 1.29 is 0 Å². The lowest BCUT2D eigenvalue weighted by molar-refractivity contribution is 0.930. The predicted molar refractivity (Wildman–Crippen MR) is 64.1 cm³/mol. The molecule has 0 saturated carbocycles. The van der Waals surface area contributed by atoms with Gasteiger partial charge in [0.25, 0.3) is 0 Å². The van der Waals surface area contributed by atoms with Crippen LogP contribution < -0.4 is 5.73 Å². The molecule has 0 bridgehead atoms. The molecular formula is C12H11N5. The molecule has 0 amide bonds.